The number of urea groups is 1. The van der Waals surface area contributed by atoms with Gasteiger partial charge in [0, 0.05) is 5.56 Å². The molecule has 1 unspecified atom stereocenters. The monoisotopic (exact) mass is 497 g/mol. The van der Waals surface area contributed by atoms with Crippen LogP contribution in [0.25, 0.3) is 0 Å². The zero-order valence-electron chi connectivity index (χ0n) is 20.1. The third kappa shape index (κ3) is 6.53. The lowest BCUT2D eigenvalue weighted by atomic mass is 9.95. The summed E-state index contributed by atoms with van der Waals surface area (Å²) in [6.07, 6.45) is 0. The van der Waals surface area contributed by atoms with E-state index in [9.17, 15) is 19.2 Å². The molecule has 0 aliphatic carbocycles. The van der Waals surface area contributed by atoms with Crippen molar-refractivity contribution >= 4 is 23.9 Å². The molecule has 1 aliphatic rings. The molecule has 0 aromatic heterocycles. The first kappa shape index (κ1) is 26.1. The van der Waals surface area contributed by atoms with Gasteiger partial charge in [0.15, 0.2) is 0 Å². The molecule has 2 aromatic rings. The highest BCUT2D eigenvalue weighted by Gasteiger charge is 2.34. The number of carbonyl (C=O) groups excluding carboxylic acids is 4. The molecule has 3 N–H and O–H groups in total. The normalized spacial score (nSPS) is 14.8. The Bertz CT molecular complexity index is 1140. The Balaban J connectivity index is 1.71. The Morgan fingerprint density at radius 1 is 0.917 bits per heavy atom. The number of benzene rings is 2. The van der Waals surface area contributed by atoms with Crippen molar-refractivity contribution in [3.05, 3.63) is 70.9 Å². The third-order valence-electron chi connectivity index (χ3n) is 5.22. The van der Waals surface area contributed by atoms with E-state index in [4.69, 9.17) is 18.9 Å². The first-order chi connectivity index (χ1) is 17.4. The van der Waals surface area contributed by atoms with Gasteiger partial charge in [-0.25, -0.2) is 9.59 Å². The van der Waals surface area contributed by atoms with Crippen LogP contribution in [0.15, 0.2) is 59.8 Å². The van der Waals surface area contributed by atoms with E-state index in [1.54, 1.807) is 55.5 Å². The molecule has 3 amide bonds. The maximum Gasteiger partial charge on any atom is 0.338 e. The van der Waals surface area contributed by atoms with Crippen molar-refractivity contribution in [2.24, 2.45) is 0 Å². The van der Waals surface area contributed by atoms with Crippen molar-refractivity contribution in [2.75, 3.05) is 34.0 Å². The van der Waals surface area contributed by atoms with Gasteiger partial charge in [0.1, 0.15) is 24.7 Å². The Kier molecular flexibility index (Phi) is 8.87. The van der Waals surface area contributed by atoms with Crippen molar-refractivity contribution in [1.29, 1.82) is 0 Å². The van der Waals surface area contributed by atoms with Gasteiger partial charge in [-0.3, -0.25) is 9.59 Å². The van der Waals surface area contributed by atoms with Crippen LogP contribution in [0.5, 0.6) is 11.5 Å². The first-order valence-corrected chi connectivity index (χ1v) is 11.1. The zero-order chi connectivity index (χ0) is 26.1. The second-order valence-corrected chi connectivity index (χ2v) is 7.49. The minimum absolute atomic E-state index is 0.0767. The van der Waals surface area contributed by atoms with Gasteiger partial charge in [0.05, 0.1) is 38.1 Å². The van der Waals surface area contributed by atoms with E-state index in [0.717, 1.165) is 0 Å². The molecule has 36 heavy (non-hydrogen) atoms. The maximum atomic E-state index is 12.8. The molecule has 1 heterocycles. The molecule has 0 bridgehead atoms. The van der Waals surface area contributed by atoms with Gasteiger partial charge in [-0.1, -0.05) is 12.1 Å². The number of esters is 2. The zero-order valence-corrected chi connectivity index (χ0v) is 20.1. The first-order valence-electron chi connectivity index (χ1n) is 11.1. The minimum Gasteiger partial charge on any atom is -0.497 e. The second-order valence-electron chi connectivity index (χ2n) is 7.49. The van der Waals surface area contributed by atoms with E-state index in [0.29, 0.717) is 22.6 Å². The van der Waals surface area contributed by atoms with E-state index < -0.39 is 43.1 Å². The summed E-state index contributed by atoms with van der Waals surface area (Å²) < 4.78 is 20.6. The largest absolute Gasteiger partial charge is 0.497 e. The summed E-state index contributed by atoms with van der Waals surface area (Å²) in [6, 6.07) is 11.7. The van der Waals surface area contributed by atoms with Crippen molar-refractivity contribution in [3.8, 4) is 11.5 Å². The number of hydrogen-bond donors (Lipinski definition) is 3. The van der Waals surface area contributed by atoms with Crippen LogP contribution in [0.1, 0.15) is 28.9 Å². The average Bonchev–Trinajstić information content (AvgIpc) is 2.90. The van der Waals surface area contributed by atoms with E-state index >= 15 is 0 Å². The van der Waals surface area contributed by atoms with Crippen LogP contribution in [0.3, 0.4) is 0 Å². The van der Waals surface area contributed by atoms with Gasteiger partial charge in [0.2, 0.25) is 0 Å². The standard InChI is InChI=1S/C25H27N3O8/c1-4-35-24(31)21-19(27-25(32)28-22(21)15-5-9-17(33-2)10-6-15)14-36-20(29)13-26-23(30)16-7-11-18(34-3)12-8-16/h5-12,22H,4,13-14H2,1-3H3,(H,26,30)(H2,27,28,32). The van der Waals surface area contributed by atoms with E-state index in [1.165, 1.54) is 14.2 Å². The summed E-state index contributed by atoms with van der Waals surface area (Å²) in [7, 11) is 3.04. The van der Waals surface area contributed by atoms with Crippen molar-refractivity contribution in [2.45, 2.75) is 13.0 Å². The lowest BCUT2D eigenvalue weighted by molar-refractivity contribution is -0.142. The molecule has 2 aromatic carbocycles. The van der Waals surface area contributed by atoms with Gasteiger partial charge in [-0.2, -0.15) is 0 Å². The Labute approximate surface area is 207 Å². The molecular weight excluding hydrogens is 470 g/mol. The van der Waals surface area contributed by atoms with Crippen LogP contribution in [0, 0.1) is 0 Å². The molecule has 1 aliphatic heterocycles. The quantitative estimate of drug-likeness (QED) is 0.423. The van der Waals surface area contributed by atoms with Crippen molar-refractivity contribution < 1.29 is 38.1 Å². The van der Waals surface area contributed by atoms with E-state index in [-0.39, 0.29) is 17.9 Å². The summed E-state index contributed by atoms with van der Waals surface area (Å²) >= 11 is 0. The smallest absolute Gasteiger partial charge is 0.338 e. The van der Waals surface area contributed by atoms with Crippen molar-refractivity contribution in [1.82, 2.24) is 16.0 Å². The molecule has 0 radical (unpaired) electrons. The maximum absolute atomic E-state index is 12.8. The Hall–Kier alpha value is -4.54. The number of hydrogen-bond acceptors (Lipinski definition) is 8. The predicted octanol–water partition coefficient (Wildman–Crippen LogP) is 1.85. The fourth-order valence-corrected chi connectivity index (χ4v) is 3.43. The van der Waals surface area contributed by atoms with Gasteiger partial charge < -0.3 is 34.9 Å². The molecule has 11 heteroatoms. The lowest BCUT2D eigenvalue weighted by Crippen LogP contribution is -2.47. The third-order valence-corrected chi connectivity index (χ3v) is 5.22. The molecule has 0 fully saturated rings. The van der Waals surface area contributed by atoms with Crippen LogP contribution in [0.4, 0.5) is 4.79 Å². The summed E-state index contributed by atoms with van der Waals surface area (Å²) in [6.45, 7) is 0.934. The fraction of sp³-hybridized carbons (Fsp3) is 0.280. The van der Waals surface area contributed by atoms with E-state index in [1.807, 2.05) is 0 Å². The molecule has 3 rings (SSSR count). The lowest BCUT2D eigenvalue weighted by Gasteiger charge is -2.29. The highest BCUT2D eigenvalue weighted by molar-refractivity contribution is 5.96. The predicted molar refractivity (Wildman–Crippen MR) is 127 cm³/mol. The topological polar surface area (TPSA) is 141 Å². The molecule has 190 valence electrons. The van der Waals surface area contributed by atoms with E-state index in [2.05, 4.69) is 16.0 Å². The minimum atomic E-state index is -0.841. The molecule has 0 spiro atoms. The second kappa shape index (κ2) is 12.2. The van der Waals surface area contributed by atoms with Gasteiger partial charge in [-0.15, -0.1) is 0 Å². The van der Waals surface area contributed by atoms with Crippen molar-refractivity contribution in [3.63, 3.8) is 0 Å². The number of nitrogens with one attached hydrogen (secondary N) is 3. The summed E-state index contributed by atoms with van der Waals surface area (Å²) in [5.74, 6) is -0.720. The number of rotatable bonds is 10. The van der Waals surface area contributed by atoms with Crippen LogP contribution in [-0.4, -0.2) is 57.9 Å². The van der Waals surface area contributed by atoms with Gasteiger partial charge in [-0.05, 0) is 48.9 Å². The van der Waals surface area contributed by atoms with Gasteiger partial charge in [0.25, 0.3) is 5.91 Å². The average molecular weight is 498 g/mol. The number of amides is 3. The van der Waals surface area contributed by atoms with Crippen LogP contribution < -0.4 is 25.4 Å². The Morgan fingerprint density at radius 2 is 1.53 bits per heavy atom. The fourth-order valence-electron chi connectivity index (χ4n) is 3.43. The number of carbonyl (C=O) groups is 4. The number of methoxy groups -OCH3 is 2. The molecule has 0 saturated heterocycles. The molecule has 0 saturated carbocycles. The molecule has 11 nitrogen and oxygen atoms in total. The summed E-state index contributed by atoms with van der Waals surface area (Å²) in [5, 5.41) is 7.66. The molecular formula is C25H27N3O8. The SMILES string of the molecule is CCOC(=O)C1=C(COC(=O)CNC(=O)c2ccc(OC)cc2)NC(=O)NC1c1ccc(OC)cc1. The highest BCUT2D eigenvalue weighted by atomic mass is 16.5. The van der Waals surface area contributed by atoms with Crippen LogP contribution in [0.2, 0.25) is 0 Å². The van der Waals surface area contributed by atoms with Crippen LogP contribution in [-0.2, 0) is 19.1 Å². The number of ether oxygens (including phenoxy) is 4. The Morgan fingerprint density at radius 3 is 2.11 bits per heavy atom. The summed E-state index contributed by atoms with van der Waals surface area (Å²) in [5.41, 5.74) is 1.11. The molecule has 1 atom stereocenters. The summed E-state index contributed by atoms with van der Waals surface area (Å²) in [4.78, 5) is 49.7. The highest BCUT2D eigenvalue weighted by Crippen LogP contribution is 2.29. The van der Waals surface area contributed by atoms with Crippen LogP contribution >= 0.6 is 0 Å². The van der Waals surface area contributed by atoms with Gasteiger partial charge >= 0.3 is 18.0 Å².